The van der Waals surface area contributed by atoms with Crippen molar-refractivity contribution in [2.45, 2.75) is 13.3 Å². The van der Waals surface area contributed by atoms with Crippen molar-refractivity contribution in [2.75, 3.05) is 7.11 Å². The minimum absolute atomic E-state index is 0.0754. The number of ether oxygens (including phenoxy) is 1. The SMILES string of the molecule is COc1cc([N+](=O)[O-])ccc1CC(C)C(=O)O. The molecule has 1 aromatic carbocycles. The summed E-state index contributed by atoms with van der Waals surface area (Å²) in [4.78, 5) is 20.8. The van der Waals surface area contributed by atoms with Crippen molar-refractivity contribution in [1.29, 1.82) is 0 Å². The lowest BCUT2D eigenvalue weighted by Crippen LogP contribution is -2.12. The molecule has 0 aliphatic heterocycles. The van der Waals surface area contributed by atoms with Crippen LogP contribution in [0, 0.1) is 16.0 Å². The molecule has 0 saturated heterocycles. The number of hydrogen-bond donors (Lipinski definition) is 1. The van der Waals surface area contributed by atoms with E-state index in [0.717, 1.165) is 0 Å². The lowest BCUT2D eigenvalue weighted by molar-refractivity contribution is -0.384. The molecule has 92 valence electrons. The van der Waals surface area contributed by atoms with Gasteiger partial charge in [0, 0.05) is 6.07 Å². The van der Waals surface area contributed by atoms with Gasteiger partial charge in [0.15, 0.2) is 0 Å². The van der Waals surface area contributed by atoms with Crippen molar-refractivity contribution in [1.82, 2.24) is 0 Å². The summed E-state index contributed by atoms with van der Waals surface area (Å²) >= 11 is 0. The Kier molecular flexibility index (Phi) is 4.03. The Hall–Kier alpha value is -2.11. The fourth-order valence-electron chi connectivity index (χ4n) is 1.43. The molecule has 1 atom stereocenters. The molecule has 0 aliphatic rings. The standard InChI is InChI=1S/C11H13NO5/c1-7(11(13)14)5-8-3-4-9(12(15)16)6-10(8)17-2/h3-4,6-7H,5H2,1-2H3,(H,13,14). The Labute approximate surface area is 98.0 Å². The highest BCUT2D eigenvalue weighted by atomic mass is 16.6. The maximum Gasteiger partial charge on any atom is 0.306 e. The van der Waals surface area contributed by atoms with Crippen LogP contribution in [0.15, 0.2) is 18.2 Å². The third-order valence-electron chi connectivity index (χ3n) is 2.43. The molecule has 0 spiro atoms. The first-order valence-corrected chi connectivity index (χ1v) is 4.99. The van der Waals surface area contributed by atoms with Gasteiger partial charge in [-0.25, -0.2) is 0 Å². The Morgan fingerprint density at radius 1 is 1.59 bits per heavy atom. The van der Waals surface area contributed by atoms with Gasteiger partial charge in [-0.05, 0) is 18.1 Å². The fourth-order valence-corrected chi connectivity index (χ4v) is 1.43. The van der Waals surface area contributed by atoms with Crippen molar-refractivity contribution in [3.8, 4) is 5.75 Å². The van der Waals surface area contributed by atoms with Gasteiger partial charge in [-0.15, -0.1) is 0 Å². The summed E-state index contributed by atoms with van der Waals surface area (Å²) in [7, 11) is 1.40. The van der Waals surface area contributed by atoms with Crippen molar-refractivity contribution < 1.29 is 19.6 Å². The lowest BCUT2D eigenvalue weighted by Gasteiger charge is -2.10. The molecule has 1 aromatic rings. The first kappa shape index (κ1) is 13.0. The van der Waals surface area contributed by atoms with Gasteiger partial charge in [-0.3, -0.25) is 14.9 Å². The Morgan fingerprint density at radius 3 is 2.71 bits per heavy atom. The first-order valence-electron chi connectivity index (χ1n) is 4.99. The van der Waals surface area contributed by atoms with Crippen LogP contribution in [0.5, 0.6) is 5.75 Å². The highest BCUT2D eigenvalue weighted by molar-refractivity contribution is 5.70. The summed E-state index contributed by atoms with van der Waals surface area (Å²) in [6.07, 6.45) is 0.274. The van der Waals surface area contributed by atoms with E-state index in [1.165, 1.54) is 25.3 Å². The Balaban J connectivity index is 3.00. The molecule has 0 aliphatic carbocycles. The number of carboxylic acid groups (broad SMARTS) is 1. The highest BCUT2D eigenvalue weighted by Crippen LogP contribution is 2.26. The van der Waals surface area contributed by atoms with Crippen LogP contribution in [0.2, 0.25) is 0 Å². The summed E-state index contributed by atoms with van der Waals surface area (Å²) in [5.74, 6) is -1.14. The van der Waals surface area contributed by atoms with Crippen molar-refractivity contribution in [3.63, 3.8) is 0 Å². The second kappa shape index (κ2) is 5.29. The maximum absolute atomic E-state index is 10.7. The van der Waals surface area contributed by atoms with E-state index in [-0.39, 0.29) is 12.1 Å². The van der Waals surface area contributed by atoms with Crippen LogP contribution in [0.25, 0.3) is 0 Å². The van der Waals surface area contributed by atoms with Crippen molar-refractivity contribution in [2.24, 2.45) is 5.92 Å². The van der Waals surface area contributed by atoms with E-state index < -0.39 is 16.8 Å². The zero-order valence-electron chi connectivity index (χ0n) is 9.54. The number of carboxylic acids is 1. The highest BCUT2D eigenvalue weighted by Gasteiger charge is 2.17. The molecule has 0 saturated carbocycles. The van der Waals surface area contributed by atoms with E-state index in [1.54, 1.807) is 6.92 Å². The average molecular weight is 239 g/mol. The molecular formula is C11H13NO5. The van der Waals surface area contributed by atoms with Gasteiger partial charge in [0.2, 0.25) is 0 Å². The van der Waals surface area contributed by atoms with Gasteiger partial charge in [0.05, 0.1) is 24.0 Å². The van der Waals surface area contributed by atoms with Crippen molar-refractivity contribution >= 4 is 11.7 Å². The van der Waals surface area contributed by atoms with E-state index in [0.29, 0.717) is 11.3 Å². The monoisotopic (exact) mass is 239 g/mol. The zero-order valence-corrected chi connectivity index (χ0v) is 9.54. The molecule has 0 fully saturated rings. The first-order chi connectivity index (χ1) is 7.95. The van der Waals surface area contributed by atoms with Gasteiger partial charge < -0.3 is 9.84 Å². The predicted molar refractivity (Wildman–Crippen MR) is 60.2 cm³/mol. The number of benzene rings is 1. The minimum Gasteiger partial charge on any atom is -0.496 e. The van der Waals surface area contributed by atoms with Crippen LogP contribution in [-0.4, -0.2) is 23.1 Å². The molecule has 1 rings (SSSR count). The molecule has 0 aromatic heterocycles. The number of nitrogens with zero attached hydrogens (tertiary/aromatic N) is 1. The number of nitro groups is 1. The third-order valence-corrected chi connectivity index (χ3v) is 2.43. The number of nitro benzene ring substituents is 1. The van der Waals surface area contributed by atoms with Crippen LogP contribution in [0.1, 0.15) is 12.5 Å². The van der Waals surface area contributed by atoms with E-state index in [1.807, 2.05) is 0 Å². The number of rotatable bonds is 5. The van der Waals surface area contributed by atoms with Crippen LogP contribution < -0.4 is 4.74 Å². The topological polar surface area (TPSA) is 89.7 Å². The molecular weight excluding hydrogens is 226 g/mol. The number of carbonyl (C=O) groups is 1. The van der Waals surface area contributed by atoms with Crippen LogP contribution >= 0.6 is 0 Å². The van der Waals surface area contributed by atoms with E-state index in [4.69, 9.17) is 9.84 Å². The molecule has 6 nitrogen and oxygen atoms in total. The third kappa shape index (κ3) is 3.17. The molecule has 6 heteroatoms. The molecule has 1 unspecified atom stereocenters. The van der Waals surface area contributed by atoms with E-state index in [2.05, 4.69) is 0 Å². The smallest absolute Gasteiger partial charge is 0.306 e. The number of methoxy groups -OCH3 is 1. The summed E-state index contributed by atoms with van der Waals surface area (Å²) < 4.78 is 5.02. The van der Waals surface area contributed by atoms with E-state index in [9.17, 15) is 14.9 Å². The molecule has 1 N–H and O–H groups in total. The Morgan fingerprint density at radius 2 is 2.24 bits per heavy atom. The summed E-state index contributed by atoms with van der Waals surface area (Å²) in [6, 6.07) is 4.16. The summed E-state index contributed by atoms with van der Waals surface area (Å²) in [5.41, 5.74) is 0.571. The molecule has 0 amide bonds. The van der Waals surface area contributed by atoms with Gasteiger partial charge in [0.25, 0.3) is 5.69 Å². The largest absolute Gasteiger partial charge is 0.496 e. The second-order valence-corrected chi connectivity index (χ2v) is 3.70. The van der Waals surface area contributed by atoms with Gasteiger partial charge in [0.1, 0.15) is 5.75 Å². The molecule has 0 radical (unpaired) electrons. The average Bonchev–Trinajstić information content (AvgIpc) is 2.28. The van der Waals surface area contributed by atoms with Crippen molar-refractivity contribution in [3.05, 3.63) is 33.9 Å². The molecule has 17 heavy (non-hydrogen) atoms. The normalized spacial score (nSPS) is 11.9. The zero-order chi connectivity index (χ0) is 13.0. The number of hydrogen-bond acceptors (Lipinski definition) is 4. The van der Waals surface area contributed by atoms with Crippen LogP contribution in [-0.2, 0) is 11.2 Å². The maximum atomic E-state index is 10.7. The Bertz CT molecular complexity index is 443. The van der Waals surface area contributed by atoms with E-state index >= 15 is 0 Å². The molecule has 0 heterocycles. The number of non-ortho nitro benzene ring substituents is 1. The molecule has 0 bridgehead atoms. The van der Waals surface area contributed by atoms with Crippen LogP contribution in [0.3, 0.4) is 0 Å². The summed E-state index contributed by atoms with van der Waals surface area (Å²) in [5, 5.41) is 19.4. The van der Waals surface area contributed by atoms with Gasteiger partial charge in [-0.1, -0.05) is 6.92 Å². The lowest BCUT2D eigenvalue weighted by atomic mass is 10.0. The summed E-state index contributed by atoms with van der Waals surface area (Å²) in [6.45, 7) is 1.57. The second-order valence-electron chi connectivity index (χ2n) is 3.70. The quantitative estimate of drug-likeness (QED) is 0.625. The fraction of sp³-hybridized carbons (Fsp3) is 0.364. The van der Waals surface area contributed by atoms with Gasteiger partial charge >= 0.3 is 5.97 Å². The predicted octanol–water partition coefficient (Wildman–Crippen LogP) is 1.87. The van der Waals surface area contributed by atoms with Gasteiger partial charge in [-0.2, -0.15) is 0 Å². The number of aliphatic carboxylic acids is 1. The minimum atomic E-state index is -0.912. The van der Waals surface area contributed by atoms with Crippen LogP contribution in [0.4, 0.5) is 5.69 Å².